The van der Waals surface area contributed by atoms with E-state index in [1.165, 1.54) is 25.7 Å². The lowest BCUT2D eigenvalue weighted by Crippen LogP contribution is -2.43. The van der Waals surface area contributed by atoms with Crippen molar-refractivity contribution >= 4 is 18.3 Å². The van der Waals surface area contributed by atoms with Crippen molar-refractivity contribution in [2.24, 2.45) is 5.92 Å². The number of halogens is 1. The average Bonchev–Trinajstić information content (AvgIpc) is 2.99. The summed E-state index contributed by atoms with van der Waals surface area (Å²) in [5, 5.41) is 6.71. The Morgan fingerprint density at radius 2 is 1.84 bits per heavy atom. The molecule has 140 valence electrons. The molecule has 2 fully saturated rings. The van der Waals surface area contributed by atoms with Gasteiger partial charge in [-0.15, -0.1) is 12.4 Å². The number of benzene rings is 1. The van der Waals surface area contributed by atoms with E-state index < -0.39 is 0 Å². The zero-order valence-corrected chi connectivity index (χ0v) is 16.3. The Bertz CT molecular complexity index is 547. The fourth-order valence-electron chi connectivity index (χ4n) is 4.03. The summed E-state index contributed by atoms with van der Waals surface area (Å²) in [4.78, 5) is 12.6. The summed E-state index contributed by atoms with van der Waals surface area (Å²) in [6.45, 7) is 6.07. The van der Waals surface area contributed by atoms with Crippen LogP contribution in [0.25, 0.3) is 0 Å². The summed E-state index contributed by atoms with van der Waals surface area (Å²) in [5.41, 5.74) is 1.11. The molecule has 3 rings (SSSR count). The number of nitrogens with one attached hydrogen (secondary N) is 2. The molecule has 4 unspecified atom stereocenters. The Kier molecular flexibility index (Phi) is 7.14. The number of carbonyl (C=O) groups is 1. The van der Waals surface area contributed by atoms with Crippen LogP contribution in [0.1, 0.15) is 64.5 Å². The van der Waals surface area contributed by atoms with Gasteiger partial charge in [-0.1, -0.05) is 25.0 Å². The van der Waals surface area contributed by atoms with Gasteiger partial charge < -0.3 is 15.4 Å². The summed E-state index contributed by atoms with van der Waals surface area (Å²) in [5.74, 6) is 1.70. The van der Waals surface area contributed by atoms with Crippen LogP contribution in [0.3, 0.4) is 0 Å². The molecule has 2 aliphatic rings. The van der Waals surface area contributed by atoms with E-state index in [1.807, 2.05) is 45.0 Å². The molecule has 2 N–H and O–H groups in total. The number of rotatable bonds is 5. The molecule has 0 aromatic heterocycles. The smallest absolute Gasteiger partial charge is 0.237 e. The topological polar surface area (TPSA) is 50.4 Å². The van der Waals surface area contributed by atoms with E-state index in [0.29, 0.717) is 12.0 Å². The van der Waals surface area contributed by atoms with Crippen LogP contribution in [-0.4, -0.2) is 24.1 Å². The van der Waals surface area contributed by atoms with E-state index >= 15 is 0 Å². The zero-order valence-electron chi connectivity index (χ0n) is 15.5. The van der Waals surface area contributed by atoms with Crippen molar-refractivity contribution in [1.29, 1.82) is 0 Å². The second-order valence-corrected chi connectivity index (χ2v) is 7.57. The van der Waals surface area contributed by atoms with E-state index in [4.69, 9.17) is 4.74 Å². The molecule has 4 atom stereocenters. The van der Waals surface area contributed by atoms with Crippen molar-refractivity contribution in [2.75, 3.05) is 0 Å². The molecule has 1 aromatic carbocycles. The highest BCUT2D eigenvalue weighted by Gasteiger charge is 2.38. The number of hydrogen-bond acceptors (Lipinski definition) is 3. The molecular weight excluding hydrogens is 336 g/mol. The number of hydrogen-bond donors (Lipinski definition) is 2. The first-order valence-corrected chi connectivity index (χ1v) is 9.36. The third-order valence-electron chi connectivity index (χ3n) is 5.29. The minimum Gasteiger partial charge on any atom is -0.491 e. The van der Waals surface area contributed by atoms with Crippen molar-refractivity contribution in [1.82, 2.24) is 10.6 Å². The molecule has 25 heavy (non-hydrogen) atoms. The molecule has 1 aliphatic carbocycles. The maximum Gasteiger partial charge on any atom is 0.237 e. The predicted octanol–water partition coefficient (Wildman–Crippen LogP) is 3.99. The first-order valence-electron chi connectivity index (χ1n) is 9.36. The van der Waals surface area contributed by atoms with Gasteiger partial charge in [0.25, 0.3) is 0 Å². The van der Waals surface area contributed by atoms with Crippen LogP contribution in [0.5, 0.6) is 5.75 Å². The van der Waals surface area contributed by atoms with Crippen molar-refractivity contribution < 1.29 is 9.53 Å². The SMILES string of the molecule is CC(C)Oc1ccc(C(C)NC(=O)C2CC3CCCCC3N2)cc1.Cl. The summed E-state index contributed by atoms with van der Waals surface area (Å²) in [6, 6.07) is 8.55. The number of fused-ring (bicyclic) bond motifs is 1. The monoisotopic (exact) mass is 366 g/mol. The Morgan fingerprint density at radius 1 is 1.16 bits per heavy atom. The van der Waals surface area contributed by atoms with Gasteiger partial charge >= 0.3 is 0 Å². The van der Waals surface area contributed by atoms with Crippen LogP contribution in [-0.2, 0) is 4.79 Å². The van der Waals surface area contributed by atoms with Crippen LogP contribution in [0.2, 0.25) is 0 Å². The van der Waals surface area contributed by atoms with Crippen LogP contribution < -0.4 is 15.4 Å². The highest BCUT2D eigenvalue weighted by Crippen LogP contribution is 2.33. The molecular formula is C20H31ClN2O2. The molecule has 1 saturated heterocycles. The summed E-state index contributed by atoms with van der Waals surface area (Å²) >= 11 is 0. The maximum atomic E-state index is 12.6. The van der Waals surface area contributed by atoms with Gasteiger partial charge in [-0.2, -0.15) is 0 Å². The Labute approximate surface area is 157 Å². The molecule has 0 bridgehead atoms. The molecule has 0 radical (unpaired) electrons. The molecule has 1 aliphatic heterocycles. The zero-order chi connectivity index (χ0) is 17.1. The van der Waals surface area contributed by atoms with E-state index in [-0.39, 0.29) is 36.5 Å². The van der Waals surface area contributed by atoms with Gasteiger partial charge in [-0.3, -0.25) is 4.79 Å². The second-order valence-electron chi connectivity index (χ2n) is 7.57. The van der Waals surface area contributed by atoms with Crippen LogP contribution in [0.4, 0.5) is 0 Å². The molecule has 0 spiro atoms. The Morgan fingerprint density at radius 3 is 2.48 bits per heavy atom. The summed E-state index contributed by atoms with van der Waals surface area (Å²) in [7, 11) is 0. The first-order chi connectivity index (χ1) is 11.5. The van der Waals surface area contributed by atoms with Crippen LogP contribution >= 0.6 is 12.4 Å². The maximum absolute atomic E-state index is 12.6. The molecule has 1 saturated carbocycles. The second kappa shape index (κ2) is 8.91. The standard InChI is InChI=1S/C20H30N2O2.ClH/c1-13(2)24-17-10-8-15(9-11-17)14(3)21-20(23)19-12-16-6-4-5-7-18(16)22-19;/h8-11,13-14,16,18-19,22H,4-7,12H2,1-3H3,(H,21,23);1H. The van der Waals surface area contributed by atoms with Crippen molar-refractivity contribution in [3.8, 4) is 5.75 Å². The lowest BCUT2D eigenvalue weighted by atomic mass is 9.85. The van der Waals surface area contributed by atoms with Gasteiger partial charge in [0.1, 0.15) is 5.75 Å². The van der Waals surface area contributed by atoms with Gasteiger partial charge in [0.2, 0.25) is 5.91 Å². The molecule has 1 heterocycles. The lowest BCUT2D eigenvalue weighted by molar-refractivity contribution is -0.123. The fourth-order valence-corrected chi connectivity index (χ4v) is 4.03. The van der Waals surface area contributed by atoms with E-state index in [1.54, 1.807) is 0 Å². The van der Waals surface area contributed by atoms with E-state index in [2.05, 4.69) is 10.6 Å². The van der Waals surface area contributed by atoms with Gasteiger partial charge in [-0.05, 0) is 63.6 Å². The van der Waals surface area contributed by atoms with Gasteiger partial charge in [-0.25, -0.2) is 0 Å². The summed E-state index contributed by atoms with van der Waals surface area (Å²) in [6.07, 6.45) is 6.27. The number of carbonyl (C=O) groups excluding carboxylic acids is 1. The quantitative estimate of drug-likeness (QED) is 0.828. The lowest BCUT2D eigenvalue weighted by Gasteiger charge is -2.24. The number of amides is 1. The highest BCUT2D eigenvalue weighted by atomic mass is 35.5. The van der Waals surface area contributed by atoms with Crippen molar-refractivity contribution in [3.05, 3.63) is 29.8 Å². The largest absolute Gasteiger partial charge is 0.491 e. The number of ether oxygens (including phenoxy) is 1. The summed E-state index contributed by atoms with van der Waals surface area (Å²) < 4.78 is 5.67. The van der Waals surface area contributed by atoms with Crippen molar-refractivity contribution in [3.63, 3.8) is 0 Å². The normalized spacial score (nSPS) is 26.5. The van der Waals surface area contributed by atoms with E-state index in [9.17, 15) is 4.79 Å². The van der Waals surface area contributed by atoms with E-state index in [0.717, 1.165) is 17.7 Å². The third kappa shape index (κ3) is 5.11. The minimum absolute atomic E-state index is 0. The van der Waals surface area contributed by atoms with Crippen LogP contribution in [0, 0.1) is 5.92 Å². The Balaban J connectivity index is 0.00000225. The molecule has 5 heteroatoms. The van der Waals surface area contributed by atoms with Gasteiger partial charge in [0.05, 0.1) is 18.2 Å². The molecule has 4 nitrogen and oxygen atoms in total. The first kappa shape index (κ1) is 20.1. The third-order valence-corrected chi connectivity index (χ3v) is 5.29. The van der Waals surface area contributed by atoms with Crippen LogP contribution in [0.15, 0.2) is 24.3 Å². The molecule has 1 aromatic rings. The minimum atomic E-state index is -0.0240. The van der Waals surface area contributed by atoms with Crippen molar-refractivity contribution in [2.45, 2.75) is 77.1 Å². The predicted molar refractivity (Wildman–Crippen MR) is 103 cm³/mol. The Hall–Kier alpha value is -1.26. The fraction of sp³-hybridized carbons (Fsp3) is 0.650. The van der Waals surface area contributed by atoms with Gasteiger partial charge in [0, 0.05) is 6.04 Å². The average molecular weight is 367 g/mol. The molecule has 1 amide bonds. The highest BCUT2D eigenvalue weighted by molar-refractivity contribution is 5.85. The van der Waals surface area contributed by atoms with Gasteiger partial charge in [0.15, 0.2) is 0 Å².